The number of nitrogens with zero attached hydrogens (tertiary/aromatic N) is 2. The molecule has 0 spiro atoms. The van der Waals surface area contributed by atoms with E-state index in [1.807, 2.05) is 0 Å². The third-order valence-corrected chi connectivity index (χ3v) is 1.96. The molecule has 1 heterocycles. The predicted octanol–water partition coefficient (Wildman–Crippen LogP) is 0.383. The zero-order valence-corrected chi connectivity index (χ0v) is 9.12. The van der Waals surface area contributed by atoms with Crippen LogP contribution in [0.25, 0.3) is 0 Å². The highest BCUT2D eigenvalue weighted by Crippen LogP contribution is 2.01. The first-order chi connectivity index (χ1) is 7.26. The van der Waals surface area contributed by atoms with Gasteiger partial charge in [-0.05, 0) is 12.0 Å². The Hall–Kier alpha value is -1.36. The van der Waals surface area contributed by atoms with E-state index in [0.717, 1.165) is 5.56 Å². The summed E-state index contributed by atoms with van der Waals surface area (Å²) in [6, 6.07) is 0.337. The van der Waals surface area contributed by atoms with Crippen molar-refractivity contribution in [1.29, 1.82) is 0 Å². The van der Waals surface area contributed by atoms with E-state index in [0.29, 0.717) is 19.0 Å². The van der Waals surface area contributed by atoms with Crippen LogP contribution in [-0.4, -0.2) is 35.4 Å². The summed E-state index contributed by atoms with van der Waals surface area (Å²) in [5.41, 5.74) is 0.936. The average Bonchev–Trinajstić information content (AvgIpc) is 2.29. The highest BCUT2D eigenvalue weighted by Gasteiger charge is 1.99. The molecule has 0 aliphatic heterocycles. The number of methoxy groups -OCH3 is 1. The van der Waals surface area contributed by atoms with Crippen LogP contribution in [0.2, 0.25) is 0 Å². The van der Waals surface area contributed by atoms with Crippen molar-refractivity contribution in [3.05, 3.63) is 18.0 Å². The number of hydrogen-bond acceptors (Lipinski definition) is 4. The Morgan fingerprint density at radius 3 is 2.73 bits per heavy atom. The molecule has 1 rings (SSSR count). The van der Waals surface area contributed by atoms with Crippen LogP contribution in [0.3, 0.4) is 0 Å². The number of amides is 1. The summed E-state index contributed by atoms with van der Waals surface area (Å²) < 4.78 is 4.82. The van der Waals surface area contributed by atoms with Crippen molar-refractivity contribution in [2.24, 2.45) is 0 Å². The van der Waals surface area contributed by atoms with Crippen molar-refractivity contribution < 1.29 is 9.53 Å². The van der Waals surface area contributed by atoms with Gasteiger partial charge < -0.3 is 10.1 Å². The maximum atomic E-state index is 10.8. The van der Waals surface area contributed by atoms with Gasteiger partial charge in [0.2, 0.25) is 5.91 Å². The van der Waals surface area contributed by atoms with E-state index in [1.165, 1.54) is 7.11 Å². The first-order valence-corrected chi connectivity index (χ1v) is 4.97. The number of ether oxygens (including phenoxy) is 1. The zero-order chi connectivity index (χ0) is 11.1. The summed E-state index contributed by atoms with van der Waals surface area (Å²) >= 11 is 5.32. The molecule has 0 radical (unpaired) electrons. The molecule has 0 aliphatic carbocycles. The minimum absolute atomic E-state index is 0.0148. The molecular formula is C9H12ClN3O2. The lowest BCUT2D eigenvalue weighted by Gasteiger charge is -2.03. The number of nitrogens with one attached hydrogen (secondary N) is 1. The van der Waals surface area contributed by atoms with Crippen molar-refractivity contribution in [3.63, 3.8) is 0 Å². The van der Waals surface area contributed by atoms with Crippen LogP contribution >= 0.6 is 11.6 Å². The molecule has 1 aromatic rings. The van der Waals surface area contributed by atoms with Gasteiger partial charge >= 0.3 is 6.01 Å². The van der Waals surface area contributed by atoms with Crippen molar-refractivity contribution in [1.82, 2.24) is 15.3 Å². The number of carbonyl (C=O) groups is 1. The standard InChI is InChI=1S/C9H12ClN3O2/c1-15-9-12-5-7(6-13-9)2-3-11-8(14)4-10/h5-6H,2-4H2,1H3,(H,11,14). The molecule has 0 saturated carbocycles. The number of halogens is 1. The first-order valence-electron chi connectivity index (χ1n) is 4.44. The van der Waals surface area contributed by atoms with Crippen LogP contribution in [0, 0.1) is 0 Å². The van der Waals surface area contributed by atoms with Crippen LogP contribution in [0.4, 0.5) is 0 Å². The Balaban J connectivity index is 2.34. The van der Waals surface area contributed by atoms with E-state index >= 15 is 0 Å². The number of carbonyl (C=O) groups excluding carboxylic acids is 1. The SMILES string of the molecule is COc1ncc(CCNC(=O)CCl)cn1. The van der Waals surface area contributed by atoms with Crippen molar-refractivity contribution in [2.45, 2.75) is 6.42 Å². The summed E-state index contributed by atoms with van der Waals surface area (Å²) in [6.07, 6.45) is 4.00. The molecule has 5 nitrogen and oxygen atoms in total. The molecule has 1 amide bonds. The molecule has 0 aliphatic rings. The Morgan fingerprint density at radius 2 is 2.20 bits per heavy atom. The van der Waals surface area contributed by atoms with Gasteiger partial charge in [-0.2, -0.15) is 0 Å². The molecule has 15 heavy (non-hydrogen) atoms. The molecule has 82 valence electrons. The fourth-order valence-electron chi connectivity index (χ4n) is 0.971. The Bertz CT molecular complexity index is 316. The molecule has 0 fully saturated rings. The molecule has 6 heteroatoms. The van der Waals surface area contributed by atoms with E-state index in [1.54, 1.807) is 12.4 Å². The summed E-state index contributed by atoms with van der Waals surface area (Å²) in [6.45, 7) is 0.529. The second-order valence-electron chi connectivity index (χ2n) is 2.81. The van der Waals surface area contributed by atoms with E-state index in [4.69, 9.17) is 16.3 Å². The summed E-state index contributed by atoms with van der Waals surface area (Å²) in [5.74, 6) is -0.190. The van der Waals surface area contributed by atoms with Crippen molar-refractivity contribution in [2.75, 3.05) is 19.5 Å². The lowest BCUT2D eigenvalue weighted by Crippen LogP contribution is -2.26. The van der Waals surface area contributed by atoms with Crippen LogP contribution in [0.15, 0.2) is 12.4 Å². The number of rotatable bonds is 5. The van der Waals surface area contributed by atoms with Gasteiger partial charge in [-0.3, -0.25) is 4.79 Å². The summed E-state index contributed by atoms with van der Waals surface area (Å²) in [4.78, 5) is 18.7. The molecular weight excluding hydrogens is 218 g/mol. The lowest BCUT2D eigenvalue weighted by molar-refractivity contribution is -0.118. The van der Waals surface area contributed by atoms with E-state index in [2.05, 4.69) is 15.3 Å². The van der Waals surface area contributed by atoms with Crippen LogP contribution in [0.5, 0.6) is 6.01 Å². The smallest absolute Gasteiger partial charge is 0.316 e. The largest absolute Gasteiger partial charge is 0.467 e. The van der Waals surface area contributed by atoms with Gasteiger partial charge in [-0.25, -0.2) is 9.97 Å². The lowest BCUT2D eigenvalue weighted by atomic mass is 10.2. The highest BCUT2D eigenvalue weighted by atomic mass is 35.5. The topological polar surface area (TPSA) is 64.1 Å². The Labute approximate surface area is 92.8 Å². The maximum absolute atomic E-state index is 10.8. The second-order valence-corrected chi connectivity index (χ2v) is 3.08. The fourth-order valence-corrected chi connectivity index (χ4v) is 1.07. The molecule has 0 aromatic carbocycles. The fraction of sp³-hybridized carbons (Fsp3) is 0.444. The summed E-state index contributed by atoms with van der Waals surface area (Å²) in [7, 11) is 1.51. The monoisotopic (exact) mass is 229 g/mol. The summed E-state index contributed by atoms with van der Waals surface area (Å²) in [5, 5.41) is 2.65. The van der Waals surface area contributed by atoms with Crippen LogP contribution in [-0.2, 0) is 11.2 Å². The average molecular weight is 230 g/mol. The molecule has 1 aromatic heterocycles. The van der Waals surface area contributed by atoms with Gasteiger partial charge in [0.15, 0.2) is 0 Å². The number of alkyl halides is 1. The molecule has 0 saturated heterocycles. The normalized spacial score (nSPS) is 9.73. The van der Waals surface area contributed by atoms with Gasteiger partial charge in [0.1, 0.15) is 5.88 Å². The third-order valence-electron chi connectivity index (χ3n) is 1.72. The maximum Gasteiger partial charge on any atom is 0.316 e. The molecule has 0 bridgehead atoms. The van der Waals surface area contributed by atoms with Gasteiger partial charge in [0, 0.05) is 18.9 Å². The Morgan fingerprint density at radius 1 is 1.53 bits per heavy atom. The molecule has 1 N–H and O–H groups in total. The van der Waals surface area contributed by atoms with Gasteiger partial charge in [0.25, 0.3) is 0 Å². The highest BCUT2D eigenvalue weighted by molar-refractivity contribution is 6.27. The van der Waals surface area contributed by atoms with E-state index in [-0.39, 0.29) is 11.8 Å². The van der Waals surface area contributed by atoms with Gasteiger partial charge in [-0.15, -0.1) is 11.6 Å². The predicted molar refractivity (Wildman–Crippen MR) is 56.0 cm³/mol. The van der Waals surface area contributed by atoms with Crippen molar-refractivity contribution >= 4 is 17.5 Å². The Kier molecular flexibility index (Phi) is 4.83. The number of hydrogen-bond donors (Lipinski definition) is 1. The zero-order valence-electron chi connectivity index (χ0n) is 8.36. The second kappa shape index (κ2) is 6.19. The van der Waals surface area contributed by atoms with Crippen LogP contribution in [0.1, 0.15) is 5.56 Å². The number of aromatic nitrogens is 2. The molecule has 0 unspecified atom stereocenters. The minimum atomic E-state index is -0.175. The third kappa shape index (κ3) is 4.12. The van der Waals surface area contributed by atoms with Crippen molar-refractivity contribution in [3.8, 4) is 6.01 Å². The quantitative estimate of drug-likeness (QED) is 0.742. The van der Waals surface area contributed by atoms with E-state index in [9.17, 15) is 4.79 Å². The van der Waals surface area contributed by atoms with Gasteiger partial charge in [0.05, 0.1) is 7.11 Å². The first kappa shape index (κ1) is 11.7. The van der Waals surface area contributed by atoms with E-state index < -0.39 is 0 Å². The minimum Gasteiger partial charge on any atom is -0.467 e. The van der Waals surface area contributed by atoms with Crippen LogP contribution < -0.4 is 10.1 Å². The molecule has 0 atom stereocenters. The van der Waals surface area contributed by atoms with Gasteiger partial charge in [-0.1, -0.05) is 0 Å².